The van der Waals surface area contributed by atoms with Gasteiger partial charge in [-0.2, -0.15) is 4.98 Å². The van der Waals surface area contributed by atoms with Crippen LogP contribution in [0, 0.1) is 0 Å². The molecule has 1 aliphatic carbocycles. The van der Waals surface area contributed by atoms with Crippen molar-refractivity contribution in [3.8, 4) is 0 Å². The van der Waals surface area contributed by atoms with Crippen molar-refractivity contribution in [1.82, 2.24) is 15.0 Å². The van der Waals surface area contributed by atoms with E-state index in [-0.39, 0.29) is 12.2 Å². The van der Waals surface area contributed by atoms with E-state index in [2.05, 4.69) is 28.9 Å². The van der Waals surface area contributed by atoms with Gasteiger partial charge in [0, 0.05) is 19.0 Å². The molecule has 1 aliphatic heterocycles. The predicted octanol–water partition coefficient (Wildman–Crippen LogP) is 1.56. The van der Waals surface area contributed by atoms with Gasteiger partial charge >= 0.3 is 0 Å². The van der Waals surface area contributed by atoms with E-state index in [9.17, 15) is 0 Å². The molecule has 0 aromatic carbocycles. The molecular formula is C12H19N3O2. The molecule has 1 saturated carbocycles. The Bertz CT molecular complexity index is 379. The van der Waals surface area contributed by atoms with Crippen LogP contribution in [-0.2, 0) is 11.3 Å². The molecule has 1 aromatic heterocycles. The van der Waals surface area contributed by atoms with Crippen LogP contribution in [0.5, 0.6) is 0 Å². The van der Waals surface area contributed by atoms with Crippen LogP contribution in [0.4, 0.5) is 0 Å². The zero-order chi connectivity index (χ0) is 11.8. The lowest BCUT2D eigenvalue weighted by Gasteiger charge is -2.34. The highest BCUT2D eigenvalue weighted by Gasteiger charge is 2.29. The number of aromatic nitrogens is 2. The summed E-state index contributed by atoms with van der Waals surface area (Å²) in [5, 5.41) is 4.04. The summed E-state index contributed by atoms with van der Waals surface area (Å²) in [6.07, 6.45) is 2.99. The Balaban J connectivity index is 1.60. The molecule has 1 aromatic rings. The van der Waals surface area contributed by atoms with Gasteiger partial charge in [0.15, 0.2) is 5.82 Å². The molecule has 0 amide bonds. The van der Waals surface area contributed by atoms with Crippen molar-refractivity contribution < 1.29 is 9.26 Å². The van der Waals surface area contributed by atoms with Gasteiger partial charge in [-0.05, 0) is 26.7 Å². The van der Waals surface area contributed by atoms with Gasteiger partial charge in [-0.15, -0.1) is 0 Å². The summed E-state index contributed by atoms with van der Waals surface area (Å²) in [6.45, 7) is 6.83. The maximum Gasteiger partial charge on any atom is 0.240 e. The molecule has 0 spiro atoms. The van der Waals surface area contributed by atoms with Crippen LogP contribution >= 0.6 is 0 Å². The molecular weight excluding hydrogens is 218 g/mol. The molecule has 1 saturated heterocycles. The summed E-state index contributed by atoms with van der Waals surface area (Å²) in [7, 11) is 0. The van der Waals surface area contributed by atoms with Gasteiger partial charge in [-0.25, -0.2) is 0 Å². The largest absolute Gasteiger partial charge is 0.373 e. The van der Waals surface area contributed by atoms with E-state index in [0.717, 1.165) is 31.3 Å². The fourth-order valence-electron chi connectivity index (χ4n) is 2.44. The highest BCUT2D eigenvalue weighted by molar-refractivity contribution is 5.03. The molecule has 2 atom stereocenters. The summed E-state index contributed by atoms with van der Waals surface area (Å²) in [5.74, 6) is 2.21. The summed E-state index contributed by atoms with van der Waals surface area (Å²) in [4.78, 5) is 6.78. The maximum atomic E-state index is 5.70. The van der Waals surface area contributed by atoms with Crippen LogP contribution in [-0.4, -0.2) is 40.3 Å². The third kappa shape index (κ3) is 2.66. The lowest BCUT2D eigenvalue weighted by atomic mass is 10.2. The van der Waals surface area contributed by atoms with Crippen molar-refractivity contribution in [2.75, 3.05) is 13.1 Å². The second kappa shape index (κ2) is 4.38. The van der Waals surface area contributed by atoms with Crippen LogP contribution in [0.25, 0.3) is 0 Å². The SMILES string of the molecule is CC1CN(Cc2nc(C3CC3)no2)CC(C)O1. The molecule has 0 bridgehead atoms. The van der Waals surface area contributed by atoms with Crippen LogP contribution in [0.1, 0.15) is 44.3 Å². The van der Waals surface area contributed by atoms with E-state index in [1.54, 1.807) is 0 Å². The van der Waals surface area contributed by atoms with Gasteiger partial charge in [0.2, 0.25) is 5.89 Å². The number of morpholine rings is 1. The summed E-state index contributed by atoms with van der Waals surface area (Å²) < 4.78 is 11.0. The quantitative estimate of drug-likeness (QED) is 0.798. The molecule has 17 heavy (non-hydrogen) atoms. The summed E-state index contributed by atoms with van der Waals surface area (Å²) >= 11 is 0. The minimum absolute atomic E-state index is 0.282. The molecule has 0 N–H and O–H groups in total. The van der Waals surface area contributed by atoms with Crippen molar-refractivity contribution in [2.45, 2.75) is 51.4 Å². The van der Waals surface area contributed by atoms with Gasteiger partial charge in [0.1, 0.15) is 0 Å². The number of ether oxygens (including phenoxy) is 1. The van der Waals surface area contributed by atoms with E-state index in [0.29, 0.717) is 5.92 Å². The fraction of sp³-hybridized carbons (Fsp3) is 0.833. The molecule has 2 fully saturated rings. The van der Waals surface area contributed by atoms with Crippen LogP contribution in [0.2, 0.25) is 0 Å². The van der Waals surface area contributed by atoms with E-state index >= 15 is 0 Å². The molecule has 0 radical (unpaired) electrons. The third-order valence-corrected chi connectivity index (χ3v) is 3.28. The molecule has 2 unspecified atom stereocenters. The Morgan fingerprint density at radius 2 is 1.94 bits per heavy atom. The molecule has 2 heterocycles. The Hall–Kier alpha value is -0.940. The first-order chi connectivity index (χ1) is 8.20. The average Bonchev–Trinajstić information content (AvgIpc) is 2.99. The van der Waals surface area contributed by atoms with E-state index in [1.165, 1.54) is 12.8 Å². The van der Waals surface area contributed by atoms with Crippen LogP contribution in [0.15, 0.2) is 4.52 Å². The Morgan fingerprint density at radius 3 is 2.59 bits per heavy atom. The van der Waals surface area contributed by atoms with Gasteiger partial charge in [-0.1, -0.05) is 5.16 Å². The van der Waals surface area contributed by atoms with Crippen molar-refractivity contribution in [2.24, 2.45) is 0 Å². The van der Waals surface area contributed by atoms with Crippen molar-refractivity contribution >= 4 is 0 Å². The topological polar surface area (TPSA) is 51.4 Å². The molecule has 5 heteroatoms. The smallest absolute Gasteiger partial charge is 0.240 e. The van der Waals surface area contributed by atoms with Crippen molar-refractivity contribution in [3.63, 3.8) is 0 Å². The van der Waals surface area contributed by atoms with E-state index in [4.69, 9.17) is 9.26 Å². The first kappa shape index (κ1) is 11.2. The van der Waals surface area contributed by atoms with Gasteiger partial charge in [0.25, 0.3) is 0 Å². The number of hydrogen-bond acceptors (Lipinski definition) is 5. The Kier molecular flexibility index (Phi) is 2.88. The third-order valence-electron chi connectivity index (χ3n) is 3.28. The maximum absolute atomic E-state index is 5.70. The number of rotatable bonds is 3. The zero-order valence-electron chi connectivity index (χ0n) is 10.4. The van der Waals surface area contributed by atoms with Crippen molar-refractivity contribution in [1.29, 1.82) is 0 Å². The molecule has 3 rings (SSSR count). The Labute approximate surface area is 101 Å². The normalized spacial score (nSPS) is 30.7. The number of hydrogen-bond donors (Lipinski definition) is 0. The molecule has 2 aliphatic rings. The molecule has 5 nitrogen and oxygen atoms in total. The van der Waals surface area contributed by atoms with Crippen LogP contribution in [0.3, 0.4) is 0 Å². The highest BCUT2D eigenvalue weighted by atomic mass is 16.5. The highest BCUT2D eigenvalue weighted by Crippen LogP contribution is 2.38. The number of nitrogens with zero attached hydrogens (tertiary/aromatic N) is 3. The first-order valence-electron chi connectivity index (χ1n) is 6.41. The minimum atomic E-state index is 0.282. The van der Waals surface area contributed by atoms with Gasteiger partial charge < -0.3 is 9.26 Å². The summed E-state index contributed by atoms with van der Waals surface area (Å²) in [6, 6.07) is 0. The van der Waals surface area contributed by atoms with Gasteiger partial charge in [-0.3, -0.25) is 4.90 Å². The first-order valence-corrected chi connectivity index (χ1v) is 6.41. The summed E-state index contributed by atoms with van der Waals surface area (Å²) in [5.41, 5.74) is 0. The lowest BCUT2D eigenvalue weighted by Crippen LogP contribution is -2.44. The fourth-order valence-corrected chi connectivity index (χ4v) is 2.44. The van der Waals surface area contributed by atoms with Gasteiger partial charge in [0.05, 0.1) is 18.8 Å². The lowest BCUT2D eigenvalue weighted by molar-refractivity contribution is -0.0725. The predicted molar refractivity (Wildman–Crippen MR) is 61.6 cm³/mol. The van der Waals surface area contributed by atoms with E-state index in [1.807, 2.05) is 0 Å². The second-order valence-electron chi connectivity index (χ2n) is 5.27. The standard InChI is InChI=1S/C12H19N3O2/c1-8-5-15(6-9(2)16-8)7-11-13-12(14-17-11)10-3-4-10/h8-10H,3-7H2,1-2H3. The Morgan fingerprint density at radius 1 is 1.24 bits per heavy atom. The zero-order valence-corrected chi connectivity index (χ0v) is 10.4. The van der Waals surface area contributed by atoms with E-state index < -0.39 is 0 Å². The average molecular weight is 237 g/mol. The van der Waals surface area contributed by atoms with Crippen molar-refractivity contribution in [3.05, 3.63) is 11.7 Å². The van der Waals surface area contributed by atoms with Crippen LogP contribution < -0.4 is 0 Å². The second-order valence-corrected chi connectivity index (χ2v) is 5.27. The molecule has 94 valence electrons. The monoisotopic (exact) mass is 237 g/mol. The minimum Gasteiger partial charge on any atom is -0.373 e.